The molecular formula is C7H15LiS3. The van der Waals surface area contributed by atoms with Crippen LogP contribution in [0, 0.1) is 0 Å². The van der Waals surface area contributed by atoms with Crippen LogP contribution in [-0.4, -0.2) is 37.1 Å². The molecule has 62 valence electrons. The van der Waals surface area contributed by atoms with Crippen molar-refractivity contribution in [1.82, 2.24) is 0 Å². The van der Waals surface area contributed by atoms with Gasteiger partial charge in [0.1, 0.15) is 0 Å². The first-order valence-electron chi connectivity index (χ1n) is 4.10. The Morgan fingerprint density at radius 2 is 1.18 bits per heavy atom. The SMILES string of the molecule is [Li][C](SCC)(SCC)SCC. The van der Waals surface area contributed by atoms with E-state index in [4.69, 9.17) is 0 Å². The van der Waals surface area contributed by atoms with Gasteiger partial charge in [0.2, 0.25) is 0 Å². The molecule has 0 aromatic rings. The van der Waals surface area contributed by atoms with Gasteiger partial charge in [0.15, 0.2) is 0 Å². The Hall–Kier alpha value is 1.65. The van der Waals surface area contributed by atoms with Crippen molar-refractivity contribution in [1.29, 1.82) is 0 Å². The van der Waals surface area contributed by atoms with Gasteiger partial charge < -0.3 is 0 Å². The molecule has 0 radical (unpaired) electrons. The Labute approximate surface area is 92.6 Å². The molecule has 0 aliphatic heterocycles. The fourth-order valence-electron chi connectivity index (χ4n) is 0.912. The van der Waals surface area contributed by atoms with Crippen LogP contribution in [0.15, 0.2) is 0 Å². The van der Waals surface area contributed by atoms with E-state index in [1.165, 1.54) is 17.3 Å². The molecule has 0 N–H and O–H groups in total. The molecule has 0 atom stereocenters. The van der Waals surface area contributed by atoms with Crippen LogP contribution in [-0.2, 0) is 0 Å². The van der Waals surface area contributed by atoms with Gasteiger partial charge in [0, 0.05) is 0 Å². The van der Waals surface area contributed by atoms with Gasteiger partial charge in [0.25, 0.3) is 0 Å². The molecule has 0 aliphatic rings. The van der Waals surface area contributed by atoms with E-state index in [9.17, 15) is 0 Å². The average molecular weight is 202 g/mol. The van der Waals surface area contributed by atoms with E-state index >= 15 is 0 Å². The van der Waals surface area contributed by atoms with Gasteiger partial charge in [-0.05, 0) is 0 Å². The van der Waals surface area contributed by atoms with Crippen molar-refractivity contribution >= 4 is 53.0 Å². The second kappa shape index (κ2) is 7.09. The molecule has 0 aromatic heterocycles. The average Bonchev–Trinajstić information content (AvgIpc) is 1.88. The maximum atomic E-state index is 2.34. The Bertz CT molecular complexity index is 80.7. The van der Waals surface area contributed by atoms with Crippen LogP contribution in [0.2, 0.25) is 0 Å². The first kappa shape index (κ1) is 12.6. The third kappa shape index (κ3) is 5.82. The predicted octanol–water partition coefficient (Wildman–Crippen LogP) is 3.03. The molecule has 0 unspecified atom stereocenters. The topological polar surface area (TPSA) is 0 Å². The third-order valence-electron chi connectivity index (χ3n) is 1.22. The van der Waals surface area contributed by atoms with Gasteiger partial charge in [0.05, 0.1) is 0 Å². The van der Waals surface area contributed by atoms with Gasteiger partial charge in [-0.15, -0.1) is 0 Å². The molecule has 0 aliphatic carbocycles. The number of thioether (sulfide) groups is 3. The first-order chi connectivity index (χ1) is 5.18. The summed E-state index contributed by atoms with van der Waals surface area (Å²) in [6.45, 7) is 6.69. The van der Waals surface area contributed by atoms with Gasteiger partial charge in [-0.2, -0.15) is 0 Å². The quantitative estimate of drug-likeness (QED) is 0.480. The Kier molecular flexibility index (Phi) is 8.15. The van der Waals surface area contributed by atoms with Crippen molar-refractivity contribution in [2.75, 3.05) is 17.3 Å². The maximum absolute atomic E-state index is 2.34. The third-order valence-corrected chi connectivity index (χ3v) is 5.78. The van der Waals surface area contributed by atoms with Crippen LogP contribution in [0.25, 0.3) is 0 Å². The second-order valence-corrected chi connectivity index (χ2v) is 7.98. The summed E-state index contributed by atoms with van der Waals surface area (Å²) in [5.74, 6) is 3.66. The summed E-state index contributed by atoms with van der Waals surface area (Å²) in [5.41, 5.74) is 0. The Balaban J connectivity index is 3.79. The summed E-state index contributed by atoms with van der Waals surface area (Å²) in [4.78, 5) is 0. The minimum absolute atomic E-state index is 0.401. The van der Waals surface area contributed by atoms with Gasteiger partial charge in [-0.25, -0.2) is 0 Å². The number of hydrogen-bond donors (Lipinski definition) is 0. The van der Waals surface area contributed by atoms with Crippen LogP contribution in [0.3, 0.4) is 0 Å². The van der Waals surface area contributed by atoms with Gasteiger partial charge in [-0.3, -0.25) is 0 Å². The summed E-state index contributed by atoms with van der Waals surface area (Å²) >= 11 is 8.50. The fraction of sp³-hybridized carbons (Fsp3) is 1.00. The normalized spacial score (nSPS) is 12.1. The summed E-state index contributed by atoms with van der Waals surface area (Å²) in [6, 6.07) is 0. The van der Waals surface area contributed by atoms with Crippen LogP contribution < -0.4 is 0 Å². The van der Waals surface area contributed by atoms with Crippen LogP contribution >= 0.6 is 35.3 Å². The molecule has 4 heteroatoms. The minimum atomic E-state index is 0.401. The summed E-state index contributed by atoms with van der Waals surface area (Å²) in [6.07, 6.45) is 0. The van der Waals surface area contributed by atoms with E-state index in [0.717, 1.165) is 0 Å². The predicted molar refractivity (Wildman–Crippen MR) is 62.9 cm³/mol. The van der Waals surface area contributed by atoms with Crippen molar-refractivity contribution < 1.29 is 0 Å². The number of rotatable bonds is 6. The molecule has 0 aromatic carbocycles. The molecule has 0 heterocycles. The molecule has 0 bridgehead atoms. The Morgan fingerprint density at radius 3 is 1.36 bits per heavy atom. The van der Waals surface area contributed by atoms with Crippen LogP contribution in [0.4, 0.5) is 0 Å². The van der Waals surface area contributed by atoms with E-state index in [0.29, 0.717) is 2.08 Å². The van der Waals surface area contributed by atoms with Crippen molar-refractivity contribution in [3.8, 4) is 0 Å². The zero-order valence-electron chi connectivity index (χ0n) is 7.85. The monoisotopic (exact) mass is 202 g/mol. The molecule has 0 saturated heterocycles. The van der Waals surface area contributed by atoms with Crippen molar-refractivity contribution in [3.63, 3.8) is 0 Å². The molecule has 11 heavy (non-hydrogen) atoms. The van der Waals surface area contributed by atoms with E-state index in [2.05, 4.69) is 73.8 Å². The summed E-state index contributed by atoms with van der Waals surface area (Å²) < 4.78 is 0.401. The molecule has 0 saturated carbocycles. The molecule has 0 amide bonds. The van der Waals surface area contributed by atoms with Crippen molar-refractivity contribution in [2.45, 2.75) is 22.9 Å². The molecule has 0 fully saturated rings. The van der Waals surface area contributed by atoms with Crippen LogP contribution in [0.1, 0.15) is 20.8 Å². The van der Waals surface area contributed by atoms with E-state index < -0.39 is 0 Å². The van der Waals surface area contributed by atoms with Crippen molar-refractivity contribution in [2.24, 2.45) is 0 Å². The Morgan fingerprint density at radius 1 is 0.909 bits per heavy atom. The first-order valence-corrected chi connectivity index (χ1v) is 7.06. The van der Waals surface area contributed by atoms with Gasteiger partial charge >= 0.3 is 93.1 Å². The van der Waals surface area contributed by atoms with Gasteiger partial charge in [-0.1, -0.05) is 0 Å². The molecule has 0 spiro atoms. The standard InChI is InChI=1S/C7H15S3.Li/c1-4-8-7(9-5-2)10-6-3;/h4-6H2,1-3H3;. The van der Waals surface area contributed by atoms with E-state index in [1.807, 2.05) is 0 Å². The molecular weight excluding hydrogens is 187 g/mol. The summed E-state index contributed by atoms with van der Waals surface area (Å²) in [5, 5.41) is 0. The molecule has 0 rings (SSSR count). The zero-order valence-corrected chi connectivity index (χ0v) is 10.3. The van der Waals surface area contributed by atoms with E-state index in [1.54, 1.807) is 0 Å². The zero-order chi connectivity index (χ0) is 8.74. The van der Waals surface area contributed by atoms with Crippen LogP contribution in [0.5, 0.6) is 0 Å². The number of hydrogen-bond acceptors (Lipinski definition) is 3. The van der Waals surface area contributed by atoms with Crippen molar-refractivity contribution in [3.05, 3.63) is 0 Å². The molecule has 0 nitrogen and oxygen atoms in total. The second-order valence-electron chi connectivity index (χ2n) is 2.16. The van der Waals surface area contributed by atoms with E-state index in [-0.39, 0.29) is 0 Å². The summed E-state index contributed by atoms with van der Waals surface area (Å²) in [7, 11) is 0. The fourth-order valence-corrected chi connectivity index (χ4v) is 5.61.